The summed E-state index contributed by atoms with van der Waals surface area (Å²) >= 11 is 0. The van der Waals surface area contributed by atoms with Crippen LogP contribution in [0.5, 0.6) is 0 Å². The van der Waals surface area contributed by atoms with Gasteiger partial charge in [0.05, 0.1) is 18.3 Å². The molecule has 1 aliphatic heterocycles. The predicted octanol–water partition coefficient (Wildman–Crippen LogP) is 1.75. The van der Waals surface area contributed by atoms with Crippen molar-refractivity contribution >= 4 is 5.91 Å². The smallest absolute Gasteiger partial charge is 0.241 e. The summed E-state index contributed by atoms with van der Waals surface area (Å²) in [5.74, 6) is 0.840. The van der Waals surface area contributed by atoms with Crippen molar-refractivity contribution in [3.05, 3.63) is 0 Å². The Morgan fingerprint density at radius 2 is 2.11 bits per heavy atom. The van der Waals surface area contributed by atoms with Crippen LogP contribution in [0, 0.1) is 5.92 Å². The Hall–Kier alpha value is -0.610. The molecule has 2 atom stereocenters. The van der Waals surface area contributed by atoms with Crippen LogP contribution in [0.3, 0.4) is 0 Å². The second-order valence-electron chi connectivity index (χ2n) is 5.97. The van der Waals surface area contributed by atoms with E-state index >= 15 is 0 Å². The van der Waals surface area contributed by atoms with Crippen molar-refractivity contribution in [2.75, 3.05) is 6.61 Å². The third kappa shape index (κ3) is 2.69. The first-order valence-electron chi connectivity index (χ1n) is 7.22. The lowest BCUT2D eigenvalue weighted by Gasteiger charge is -2.42. The zero-order chi connectivity index (χ0) is 13.3. The first kappa shape index (κ1) is 13.8. The number of carbonyl (C=O) groups is 1. The van der Waals surface area contributed by atoms with Gasteiger partial charge in [0.2, 0.25) is 5.91 Å². The molecule has 0 bridgehead atoms. The summed E-state index contributed by atoms with van der Waals surface area (Å²) in [5, 5.41) is 3.42. The Balaban J connectivity index is 1.88. The third-order valence-electron chi connectivity index (χ3n) is 3.99. The first-order chi connectivity index (χ1) is 8.52. The van der Waals surface area contributed by atoms with Gasteiger partial charge >= 0.3 is 0 Å². The van der Waals surface area contributed by atoms with Gasteiger partial charge in [-0.25, -0.2) is 0 Å². The molecule has 0 aromatic rings. The van der Waals surface area contributed by atoms with E-state index in [2.05, 4.69) is 26.1 Å². The molecule has 4 nitrogen and oxygen atoms in total. The normalized spacial score (nSPS) is 36.3. The van der Waals surface area contributed by atoms with Crippen LogP contribution in [-0.2, 0) is 9.53 Å². The SMILES string of the molecule is CCOC1CC(N2C(=O)C(CC(C)C)NC2C)C1. The van der Waals surface area contributed by atoms with Gasteiger partial charge in [0, 0.05) is 12.6 Å². The number of hydrogen-bond acceptors (Lipinski definition) is 3. The summed E-state index contributed by atoms with van der Waals surface area (Å²) in [6.07, 6.45) is 3.47. The van der Waals surface area contributed by atoms with E-state index in [4.69, 9.17) is 4.74 Å². The van der Waals surface area contributed by atoms with E-state index in [-0.39, 0.29) is 18.1 Å². The number of rotatable bonds is 5. The van der Waals surface area contributed by atoms with Crippen molar-refractivity contribution in [1.29, 1.82) is 0 Å². The largest absolute Gasteiger partial charge is 0.378 e. The van der Waals surface area contributed by atoms with Crippen LogP contribution in [0.2, 0.25) is 0 Å². The molecule has 0 radical (unpaired) electrons. The molecule has 104 valence electrons. The summed E-state index contributed by atoms with van der Waals surface area (Å²) in [6, 6.07) is 0.403. The zero-order valence-corrected chi connectivity index (χ0v) is 12.0. The van der Waals surface area contributed by atoms with Gasteiger partial charge in [-0.05, 0) is 39.0 Å². The minimum atomic E-state index is 0.0196. The van der Waals surface area contributed by atoms with Gasteiger partial charge in [-0.15, -0.1) is 0 Å². The van der Waals surface area contributed by atoms with Crippen LogP contribution in [-0.4, -0.2) is 41.8 Å². The lowest BCUT2D eigenvalue weighted by molar-refractivity contribution is -0.138. The molecular weight excluding hydrogens is 228 g/mol. The van der Waals surface area contributed by atoms with E-state index in [0.717, 1.165) is 25.9 Å². The summed E-state index contributed by atoms with van der Waals surface area (Å²) in [5.41, 5.74) is 0. The van der Waals surface area contributed by atoms with Gasteiger partial charge in [-0.3, -0.25) is 10.1 Å². The number of nitrogens with one attached hydrogen (secondary N) is 1. The Morgan fingerprint density at radius 1 is 1.44 bits per heavy atom. The molecule has 4 heteroatoms. The first-order valence-corrected chi connectivity index (χ1v) is 7.22. The highest BCUT2D eigenvalue weighted by molar-refractivity contribution is 5.84. The van der Waals surface area contributed by atoms with Gasteiger partial charge < -0.3 is 9.64 Å². The van der Waals surface area contributed by atoms with Crippen LogP contribution in [0.4, 0.5) is 0 Å². The van der Waals surface area contributed by atoms with Gasteiger partial charge in [-0.1, -0.05) is 13.8 Å². The van der Waals surface area contributed by atoms with Crippen LogP contribution < -0.4 is 5.32 Å². The van der Waals surface area contributed by atoms with E-state index < -0.39 is 0 Å². The maximum Gasteiger partial charge on any atom is 0.241 e. The molecule has 1 aliphatic carbocycles. The average molecular weight is 254 g/mol. The molecule has 1 saturated heterocycles. The van der Waals surface area contributed by atoms with Crippen LogP contribution in [0.1, 0.15) is 47.0 Å². The number of ether oxygens (including phenoxy) is 1. The van der Waals surface area contributed by atoms with Crippen LogP contribution in [0.15, 0.2) is 0 Å². The molecule has 2 aliphatic rings. The maximum absolute atomic E-state index is 12.4. The molecule has 0 aromatic heterocycles. The minimum Gasteiger partial charge on any atom is -0.378 e. The number of carbonyl (C=O) groups excluding carboxylic acids is 1. The van der Waals surface area contributed by atoms with Crippen molar-refractivity contribution in [2.45, 2.75) is 71.3 Å². The van der Waals surface area contributed by atoms with Crippen molar-refractivity contribution < 1.29 is 9.53 Å². The Morgan fingerprint density at radius 3 is 2.67 bits per heavy atom. The van der Waals surface area contributed by atoms with Crippen LogP contribution in [0.25, 0.3) is 0 Å². The molecule has 1 N–H and O–H groups in total. The van der Waals surface area contributed by atoms with Crippen LogP contribution >= 0.6 is 0 Å². The Labute approximate surface area is 110 Å². The summed E-state index contributed by atoms with van der Waals surface area (Å²) in [7, 11) is 0. The second kappa shape index (κ2) is 5.57. The van der Waals surface area contributed by atoms with Crippen molar-refractivity contribution in [1.82, 2.24) is 10.2 Å². The lowest BCUT2D eigenvalue weighted by atomic mass is 9.87. The summed E-state index contributed by atoms with van der Waals surface area (Å²) < 4.78 is 5.57. The average Bonchev–Trinajstić information content (AvgIpc) is 2.48. The summed E-state index contributed by atoms with van der Waals surface area (Å²) in [4.78, 5) is 14.4. The summed E-state index contributed by atoms with van der Waals surface area (Å²) in [6.45, 7) is 9.21. The molecule has 1 heterocycles. The quantitative estimate of drug-likeness (QED) is 0.812. The van der Waals surface area contributed by atoms with E-state index in [0.29, 0.717) is 18.1 Å². The fourth-order valence-electron chi connectivity index (χ4n) is 3.09. The number of amides is 1. The molecule has 2 unspecified atom stereocenters. The van der Waals surface area contributed by atoms with Crippen molar-refractivity contribution in [3.8, 4) is 0 Å². The van der Waals surface area contributed by atoms with Gasteiger partial charge in [0.25, 0.3) is 0 Å². The second-order valence-corrected chi connectivity index (χ2v) is 5.97. The molecule has 1 amide bonds. The lowest BCUT2D eigenvalue weighted by Crippen LogP contribution is -2.52. The van der Waals surface area contributed by atoms with E-state index in [1.54, 1.807) is 0 Å². The molecule has 0 spiro atoms. The van der Waals surface area contributed by atoms with E-state index in [1.807, 2.05) is 11.8 Å². The highest BCUT2D eigenvalue weighted by atomic mass is 16.5. The predicted molar refractivity (Wildman–Crippen MR) is 71.1 cm³/mol. The highest BCUT2D eigenvalue weighted by Gasteiger charge is 2.45. The molecule has 18 heavy (non-hydrogen) atoms. The maximum atomic E-state index is 12.4. The van der Waals surface area contributed by atoms with E-state index in [1.165, 1.54) is 0 Å². The molecular formula is C14H26N2O2. The molecule has 2 rings (SSSR count). The number of nitrogens with zero attached hydrogens (tertiary/aromatic N) is 1. The Kier molecular flexibility index (Phi) is 4.28. The van der Waals surface area contributed by atoms with Crippen molar-refractivity contribution in [2.24, 2.45) is 5.92 Å². The molecule has 2 fully saturated rings. The standard InChI is InChI=1S/C14H26N2O2/c1-5-18-12-7-11(8-12)16-10(4)15-13(14(16)17)6-9(2)3/h9-13,15H,5-8H2,1-4H3. The monoisotopic (exact) mass is 254 g/mol. The minimum absolute atomic E-state index is 0.0196. The van der Waals surface area contributed by atoms with E-state index in [9.17, 15) is 4.79 Å². The zero-order valence-electron chi connectivity index (χ0n) is 12.0. The molecule has 0 aromatic carbocycles. The third-order valence-corrected chi connectivity index (χ3v) is 3.99. The van der Waals surface area contributed by atoms with Gasteiger partial charge in [0.15, 0.2) is 0 Å². The Bertz CT molecular complexity index is 300. The highest BCUT2D eigenvalue weighted by Crippen LogP contribution is 2.32. The fraction of sp³-hybridized carbons (Fsp3) is 0.929. The number of hydrogen-bond donors (Lipinski definition) is 1. The van der Waals surface area contributed by atoms with Gasteiger partial charge in [0.1, 0.15) is 0 Å². The topological polar surface area (TPSA) is 41.6 Å². The molecule has 1 saturated carbocycles. The van der Waals surface area contributed by atoms with Gasteiger partial charge in [-0.2, -0.15) is 0 Å². The fourth-order valence-corrected chi connectivity index (χ4v) is 3.09. The van der Waals surface area contributed by atoms with Crippen molar-refractivity contribution in [3.63, 3.8) is 0 Å².